The summed E-state index contributed by atoms with van der Waals surface area (Å²) < 4.78 is 0. The van der Waals surface area contributed by atoms with Gasteiger partial charge in [0.15, 0.2) is 5.13 Å². The molecule has 0 spiro atoms. The van der Waals surface area contributed by atoms with Gasteiger partial charge < -0.3 is 15.5 Å². The summed E-state index contributed by atoms with van der Waals surface area (Å²) in [5, 5.41) is 6.21. The van der Waals surface area contributed by atoms with Gasteiger partial charge in [-0.1, -0.05) is 18.2 Å². The van der Waals surface area contributed by atoms with E-state index in [-0.39, 0.29) is 24.1 Å². The highest BCUT2D eigenvalue weighted by molar-refractivity contribution is 7.98. The number of carbonyl (C=O) groups excluding carboxylic acids is 3. The molecule has 3 amide bonds. The summed E-state index contributed by atoms with van der Waals surface area (Å²) in [5.74, 6) is -0.384. The lowest BCUT2D eigenvalue weighted by atomic mass is 10.1. The number of thioether (sulfide) groups is 1. The van der Waals surface area contributed by atoms with E-state index >= 15 is 0 Å². The minimum absolute atomic E-state index is 0.0831. The normalized spacial score (nSPS) is 17.1. The minimum Gasteiger partial charge on any atom is -0.344 e. The SMILES string of the molecule is CSCCC(NC(=O)C1CC(=O)N(c2ccccc2)C1)C(=O)Nc1nc(C)c(C)s1. The van der Waals surface area contributed by atoms with Gasteiger partial charge in [-0.3, -0.25) is 14.4 Å². The van der Waals surface area contributed by atoms with Crippen molar-refractivity contribution in [3.63, 3.8) is 0 Å². The number of aryl methyl sites for hydroxylation is 2. The van der Waals surface area contributed by atoms with Crippen LogP contribution in [0, 0.1) is 19.8 Å². The molecule has 9 heteroatoms. The Labute approximate surface area is 184 Å². The van der Waals surface area contributed by atoms with Crippen molar-refractivity contribution in [2.45, 2.75) is 32.7 Å². The molecule has 30 heavy (non-hydrogen) atoms. The van der Waals surface area contributed by atoms with Crippen LogP contribution in [0.1, 0.15) is 23.4 Å². The zero-order valence-corrected chi connectivity index (χ0v) is 18.9. The second kappa shape index (κ2) is 10.1. The molecule has 0 saturated carbocycles. The average molecular weight is 447 g/mol. The number of amides is 3. The van der Waals surface area contributed by atoms with Gasteiger partial charge in [-0.2, -0.15) is 11.8 Å². The maximum Gasteiger partial charge on any atom is 0.248 e. The van der Waals surface area contributed by atoms with Gasteiger partial charge in [0.25, 0.3) is 0 Å². The summed E-state index contributed by atoms with van der Waals surface area (Å²) in [5.41, 5.74) is 1.66. The van der Waals surface area contributed by atoms with Gasteiger partial charge in [-0.25, -0.2) is 4.98 Å². The van der Waals surface area contributed by atoms with E-state index in [1.807, 2.05) is 50.4 Å². The van der Waals surface area contributed by atoms with Crippen molar-refractivity contribution in [2.75, 3.05) is 28.8 Å². The third-order valence-electron chi connectivity index (χ3n) is 5.07. The highest BCUT2D eigenvalue weighted by Gasteiger charge is 2.36. The molecule has 2 aromatic rings. The number of nitrogens with one attached hydrogen (secondary N) is 2. The Morgan fingerprint density at radius 1 is 1.30 bits per heavy atom. The molecule has 1 saturated heterocycles. The Morgan fingerprint density at radius 3 is 2.67 bits per heavy atom. The Morgan fingerprint density at radius 2 is 2.03 bits per heavy atom. The Kier molecular flexibility index (Phi) is 7.49. The number of carbonyl (C=O) groups is 3. The first-order chi connectivity index (χ1) is 14.4. The molecule has 0 bridgehead atoms. The molecule has 160 valence electrons. The maximum absolute atomic E-state index is 12.9. The first-order valence-corrected chi connectivity index (χ1v) is 12.0. The number of nitrogens with zero attached hydrogens (tertiary/aromatic N) is 2. The molecule has 1 aliphatic heterocycles. The molecule has 1 aromatic carbocycles. The van der Waals surface area contributed by atoms with Crippen molar-refractivity contribution < 1.29 is 14.4 Å². The predicted octanol–water partition coefficient (Wildman–Crippen LogP) is 2.99. The van der Waals surface area contributed by atoms with Crippen LogP contribution in [0.25, 0.3) is 0 Å². The lowest BCUT2D eigenvalue weighted by Gasteiger charge is -2.20. The molecule has 2 unspecified atom stereocenters. The summed E-state index contributed by atoms with van der Waals surface area (Å²) in [6.07, 6.45) is 2.60. The molecule has 0 radical (unpaired) electrons. The lowest BCUT2D eigenvalue weighted by molar-refractivity contribution is -0.129. The molecule has 0 aliphatic carbocycles. The van der Waals surface area contributed by atoms with Gasteiger partial charge >= 0.3 is 0 Å². The van der Waals surface area contributed by atoms with Gasteiger partial charge in [0, 0.05) is 23.5 Å². The Balaban J connectivity index is 1.64. The van der Waals surface area contributed by atoms with Crippen molar-refractivity contribution in [2.24, 2.45) is 5.92 Å². The van der Waals surface area contributed by atoms with E-state index in [4.69, 9.17) is 0 Å². The van der Waals surface area contributed by atoms with Crippen LogP contribution in [0.15, 0.2) is 30.3 Å². The highest BCUT2D eigenvalue weighted by Crippen LogP contribution is 2.25. The summed E-state index contributed by atoms with van der Waals surface area (Å²) >= 11 is 3.02. The van der Waals surface area contributed by atoms with Crippen molar-refractivity contribution >= 4 is 51.6 Å². The number of hydrogen-bond donors (Lipinski definition) is 2. The van der Waals surface area contributed by atoms with E-state index in [0.717, 1.165) is 22.0 Å². The number of rotatable bonds is 8. The first kappa shape index (κ1) is 22.3. The molecule has 3 rings (SSSR count). The van der Waals surface area contributed by atoms with Crippen LogP contribution < -0.4 is 15.5 Å². The number of aromatic nitrogens is 1. The van der Waals surface area contributed by atoms with Crippen molar-refractivity contribution in [1.29, 1.82) is 0 Å². The Bertz CT molecular complexity index is 897. The monoisotopic (exact) mass is 446 g/mol. The van der Waals surface area contributed by atoms with E-state index < -0.39 is 12.0 Å². The standard InChI is InChI=1S/C21H26N4O3S2/c1-13-14(2)30-21(22-13)24-20(28)17(9-10-29-3)23-19(27)15-11-18(26)25(12-15)16-7-5-4-6-8-16/h4-8,15,17H,9-12H2,1-3H3,(H,23,27)(H,22,24,28). The quantitative estimate of drug-likeness (QED) is 0.650. The van der Waals surface area contributed by atoms with Gasteiger partial charge in [0.2, 0.25) is 17.7 Å². The smallest absolute Gasteiger partial charge is 0.248 e. The van der Waals surface area contributed by atoms with Crippen LogP contribution in [0.4, 0.5) is 10.8 Å². The van der Waals surface area contributed by atoms with Crippen LogP contribution in [0.2, 0.25) is 0 Å². The van der Waals surface area contributed by atoms with Crippen molar-refractivity contribution in [3.8, 4) is 0 Å². The van der Waals surface area contributed by atoms with Crippen molar-refractivity contribution in [3.05, 3.63) is 40.9 Å². The van der Waals surface area contributed by atoms with Crippen LogP contribution in [-0.4, -0.2) is 47.3 Å². The lowest BCUT2D eigenvalue weighted by Crippen LogP contribution is -2.46. The minimum atomic E-state index is -0.671. The molecule has 2 heterocycles. The molecule has 1 aromatic heterocycles. The second-order valence-electron chi connectivity index (χ2n) is 7.23. The summed E-state index contributed by atoms with van der Waals surface area (Å²) in [6, 6.07) is 8.64. The van der Waals surface area contributed by atoms with Crippen molar-refractivity contribution in [1.82, 2.24) is 10.3 Å². The van der Waals surface area contributed by atoms with E-state index in [2.05, 4.69) is 15.6 Å². The molecule has 1 aliphatic rings. The van der Waals surface area contributed by atoms with Gasteiger partial charge in [-0.05, 0) is 44.4 Å². The van der Waals surface area contributed by atoms with E-state index in [9.17, 15) is 14.4 Å². The van der Waals surface area contributed by atoms with E-state index in [1.54, 1.807) is 16.7 Å². The first-order valence-electron chi connectivity index (χ1n) is 9.78. The summed E-state index contributed by atoms with van der Waals surface area (Å²) in [4.78, 5) is 45.1. The fraction of sp³-hybridized carbons (Fsp3) is 0.429. The van der Waals surface area contributed by atoms with Gasteiger partial charge in [0.1, 0.15) is 6.04 Å². The number of hydrogen-bond acceptors (Lipinski definition) is 6. The third kappa shape index (κ3) is 5.40. The van der Waals surface area contributed by atoms with Crippen LogP contribution >= 0.6 is 23.1 Å². The molecular weight excluding hydrogens is 420 g/mol. The zero-order valence-electron chi connectivity index (χ0n) is 17.3. The third-order valence-corrected chi connectivity index (χ3v) is 6.70. The number of thiazole rings is 1. The number of anilines is 2. The second-order valence-corrected chi connectivity index (χ2v) is 9.42. The largest absolute Gasteiger partial charge is 0.344 e. The molecule has 7 nitrogen and oxygen atoms in total. The average Bonchev–Trinajstić information content (AvgIpc) is 3.27. The van der Waals surface area contributed by atoms with Gasteiger partial charge in [-0.15, -0.1) is 11.3 Å². The highest BCUT2D eigenvalue weighted by atomic mass is 32.2. The topological polar surface area (TPSA) is 91.4 Å². The predicted molar refractivity (Wildman–Crippen MR) is 122 cm³/mol. The maximum atomic E-state index is 12.9. The fourth-order valence-electron chi connectivity index (χ4n) is 3.25. The molecular formula is C21H26N4O3S2. The molecule has 2 atom stereocenters. The van der Waals surface area contributed by atoms with Crippen LogP contribution in [-0.2, 0) is 14.4 Å². The molecule has 1 fully saturated rings. The fourth-order valence-corrected chi connectivity index (χ4v) is 4.54. The van der Waals surface area contributed by atoms with Crippen LogP contribution in [0.5, 0.6) is 0 Å². The van der Waals surface area contributed by atoms with Crippen LogP contribution in [0.3, 0.4) is 0 Å². The van der Waals surface area contributed by atoms with E-state index in [0.29, 0.717) is 18.1 Å². The molecule has 2 N–H and O–H groups in total. The van der Waals surface area contributed by atoms with Gasteiger partial charge in [0.05, 0.1) is 11.6 Å². The van der Waals surface area contributed by atoms with E-state index in [1.165, 1.54) is 11.3 Å². The zero-order chi connectivity index (χ0) is 21.7. The number of benzene rings is 1. The Hall–Kier alpha value is -2.39. The summed E-state index contributed by atoms with van der Waals surface area (Å²) in [6.45, 7) is 4.16. The summed E-state index contributed by atoms with van der Waals surface area (Å²) in [7, 11) is 0. The number of para-hydroxylation sites is 1.